The molecule has 184 valence electrons. The van der Waals surface area contributed by atoms with Crippen LogP contribution < -0.4 is 15.5 Å². The fourth-order valence-corrected chi connectivity index (χ4v) is 4.07. The van der Waals surface area contributed by atoms with Crippen molar-refractivity contribution in [3.8, 4) is 0 Å². The number of carbonyl (C=O) groups is 3. The molecule has 3 amide bonds. The van der Waals surface area contributed by atoms with Crippen LogP contribution in [0.15, 0.2) is 60.1 Å². The molecule has 1 atom stereocenters. The van der Waals surface area contributed by atoms with E-state index in [1.807, 2.05) is 33.8 Å². The minimum absolute atomic E-state index is 0.0856. The number of rotatable bonds is 8. The van der Waals surface area contributed by atoms with Crippen LogP contribution in [0.2, 0.25) is 0 Å². The summed E-state index contributed by atoms with van der Waals surface area (Å²) in [6.07, 6.45) is 1.36. The predicted octanol–water partition coefficient (Wildman–Crippen LogP) is 5.00. The van der Waals surface area contributed by atoms with Gasteiger partial charge in [0.15, 0.2) is 5.13 Å². The lowest BCUT2D eigenvalue weighted by atomic mass is 10.00. The third-order valence-electron chi connectivity index (χ3n) is 4.98. The van der Waals surface area contributed by atoms with E-state index in [0.717, 1.165) is 5.56 Å². The molecule has 2 aromatic carbocycles. The van der Waals surface area contributed by atoms with E-state index in [1.165, 1.54) is 40.5 Å². The first-order valence-electron chi connectivity index (χ1n) is 11.2. The smallest absolute Gasteiger partial charge is 0.248 e. The van der Waals surface area contributed by atoms with E-state index >= 15 is 0 Å². The quantitative estimate of drug-likeness (QED) is 0.459. The molecule has 9 heteroatoms. The molecule has 0 bridgehead atoms. The first-order chi connectivity index (χ1) is 16.5. The lowest BCUT2D eigenvalue weighted by molar-refractivity contribution is -0.128. The van der Waals surface area contributed by atoms with Gasteiger partial charge in [-0.1, -0.05) is 24.3 Å². The summed E-state index contributed by atoms with van der Waals surface area (Å²) in [5.74, 6) is -1.62. The Hall–Kier alpha value is -3.59. The molecule has 0 radical (unpaired) electrons. The van der Waals surface area contributed by atoms with Gasteiger partial charge in [-0.15, -0.1) is 11.3 Å². The zero-order chi connectivity index (χ0) is 25.6. The molecule has 0 fully saturated rings. The first kappa shape index (κ1) is 26.0. The van der Waals surface area contributed by atoms with Gasteiger partial charge in [0, 0.05) is 35.6 Å². The normalized spacial score (nSPS) is 12.0. The molecule has 0 saturated heterocycles. The summed E-state index contributed by atoms with van der Waals surface area (Å²) < 4.78 is 13.7. The van der Waals surface area contributed by atoms with Crippen molar-refractivity contribution in [2.24, 2.45) is 0 Å². The van der Waals surface area contributed by atoms with Crippen LogP contribution in [0.25, 0.3) is 0 Å². The molecule has 0 saturated carbocycles. The average molecular weight is 497 g/mol. The Morgan fingerprint density at radius 3 is 2.40 bits per heavy atom. The van der Waals surface area contributed by atoms with Gasteiger partial charge >= 0.3 is 0 Å². The molecule has 0 aliphatic rings. The van der Waals surface area contributed by atoms with Gasteiger partial charge in [-0.05, 0) is 63.1 Å². The van der Waals surface area contributed by atoms with E-state index in [0.29, 0.717) is 16.4 Å². The van der Waals surface area contributed by atoms with Crippen molar-refractivity contribution in [2.45, 2.75) is 52.1 Å². The van der Waals surface area contributed by atoms with Gasteiger partial charge < -0.3 is 10.6 Å². The molecule has 1 heterocycles. The molecule has 0 spiro atoms. The van der Waals surface area contributed by atoms with Gasteiger partial charge in [0.05, 0.1) is 0 Å². The molecule has 0 aliphatic carbocycles. The average Bonchev–Trinajstić information content (AvgIpc) is 3.28. The molecule has 2 N–H and O–H groups in total. The Kier molecular flexibility index (Phi) is 8.34. The lowest BCUT2D eigenvalue weighted by Gasteiger charge is -2.34. The molecule has 35 heavy (non-hydrogen) atoms. The van der Waals surface area contributed by atoms with Crippen molar-refractivity contribution >= 4 is 39.9 Å². The second-order valence-electron chi connectivity index (χ2n) is 9.18. The van der Waals surface area contributed by atoms with Crippen LogP contribution in [0.4, 0.5) is 15.2 Å². The van der Waals surface area contributed by atoms with Crippen LogP contribution in [0.1, 0.15) is 50.8 Å². The Morgan fingerprint density at radius 2 is 1.80 bits per heavy atom. The van der Waals surface area contributed by atoms with Gasteiger partial charge in [-0.25, -0.2) is 9.37 Å². The van der Waals surface area contributed by atoms with Crippen molar-refractivity contribution in [1.29, 1.82) is 0 Å². The van der Waals surface area contributed by atoms with Gasteiger partial charge in [-0.3, -0.25) is 19.3 Å². The second-order valence-corrected chi connectivity index (χ2v) is 10.1. The van der Waals surface area contributed by atoms with Crippen molar-refractivity contribution < 1.29 is 18.8 Å². The highest BCUT2D eigenvalue weighted by Gasteiger charge is 2.34. The zero-order valence-electron chi connectivity index (χ0n) is 20.2. The number of hydrogen-bond acceptors (Lipinski definition) is 5. The summed E-state index contributed by atoms with van der Waals surface area (Å²) in [5.41, 5.74) is 1.30. The van der Waals surface area contributed by atoms with E-state index in [1.54, 1.807) is 29.8 Å². The topological polar surface area (TPSA) is 91.4 Å². The molecular weight excluding hydrogens is 467 g/mol. The number of amides is 3. The third kappa shape index (κ3) is 7.45. The summed E-state index contributed by atoms with van der Waals surface area (Å²) in [6, 6.07) is 11.7. The molecule has 0 unspecified atom stereocenters. The number of nitrogens with zero attached hydrogens (tertiary/aromatic N) is 2. The first-order valence-corrected chi connectivity index (χ1v) is 12.1. The highest BCUT2D eigenvalue weighted by Crippen LogP contribution is 2.30. The minimum atomic E-state index is -1.06. The van der Waals surface area contributed by atoms with Crippen molar-refractivity contribution in [3.05, 3.63) is 77.1 Å². The minimum Gasteiger partial charge on any atom is -0.349 e. The number of anilines is 2. The summed E-state index contributed by atoms with van der Waals surface area (Å²) in [6.45, 7) is 7.41. The summed E-state index contributed by atoms with van der Waals surface area (Å²) in [4.78, 5) is 44.9. The van der Waals surface area contributed by atoms with Crippen molar-refractivity contribution in [3.63, 3.8) is 0 Å². The van der Waals surface area contributed by atoms with Crippen molar-refractivity contribution in [2.75, 3.05) is 10.2 Å². The highest BCUT2D eigenvalue weighted by molar-refractivity contribution is 7.13. The number of benzene rings is 2. The lowest BCUT2D eigenvalue weighted by Crippen LogP contribution is -2.49. The molecule has 7 nitrogen and oxygen atoms in total. The molecule has 3 rings (SSSR count). The zero-order valence-corrected chi connectivity index (χ0v) is 21.0. The van der Waals surface area contributed by atoms with E-state index in [2.05, 4.69) is 15.6 Å². The third-order valence-corrected chi connectivity index (χ3v) is 5.67. The van der Waals surface area contributed by atoms with Gasteiger partial charge in [0.25, 0.3) is 0 Å². The standard InChI is InChI=1S/C26H29FN4O3S/c1-17-6-5-7-20(16-17)31(22(33)13-12-21(32)29-25-28-14-15-35-25)23(24(34)30-26(2,3)4)18-8-10-19(27)11-9-18/h5-11,14-16,23H,12-13H2,1-4H3,(H,30,34)(H,28,29,32)/t23-/m1/s1. The Balaban J connectivity index is 1.96. The Morgan fingerprint density at radius 1 is 1.09 bits per heavy atom. The van der Waals surface area contributed by atoms with Crippen LogP contribution in [-0.4, -0.2) is 28.2 Å². The van der Waals surface area contributed by atoms with E-state index in [-0.39, 0.29) is 18.7 Å². The number of nitrogens with one attached hydrogen (secondary N) is 2. The fourth-order valence-electron chi connectivity index (χ4n) is 3.52. The molecule has 1 aromatic heterocycles. The summed E-state index contributed by atoms with van der Waals surface area (Å²) in [7, 11) is 0. The molecular formula is C26H29FN4O3S. The van der Waals surface area contributed by atoms with E-state index in [9.17, 15) is 18.8 Å². The summed E-state index contributed by atoms with van der Waals surface area (Å²) in [5, 5.41) is 7.78. The fraction of sp³-hybridized carbons (Fsp3) is 0.308. The van der Waals surface area contributed by atoms with Gasteiger partial charge in [-0.2, -0.15) is 0 Å². The van der Waals surface area contributed by atoms with E-state index < -0.39 is 29.2 Å². The van der Waals surface area contributed by atoms with Gasteiger partial charge in [0.2, 0.25) is 17.7 Å². The van der Waals surface area contributed by atoms with Gasteiger partial charge in [0.1, 0.15) is 11.9 Å². The number of hydrogen-bond donors (Lipinski definition) is 2. The largest absolute Gasteiger partial charge is 0.349 e. The van der Waals surface area contributed by atoms with Crippen LogP contribution >= 0.6 is 11.3 Å². The predicted molar refractivity (Wildman–Crippen MR) is 136 cm³/mol. The monoisotopic (exact) mass is 496 g/mol. The van der Waals surface area contributed by atoms with Crippen LogP contribution in [-0.2, 0) is 14.4 Å². The Labute approximate surface area is 208 Å². The maximum absolute atomic E-state index is 13.7. The Bertz CT molecular complexity index is 1170. The maximum atomic E-state index is 13.7. The second kappa shape index (κ2) is 11.2. The summed E-state index contributed by atoms with van der Waals surface area (Å²) >= 11 is 1.28. The number of halogens is 1. The maximum Gasteiger partial charge on any atom is 0.248 e. The number of carbonyl (C=O) groups excluding carboxylic acids is 3. The number of aromatic nitrogens is 1. The van der Waals surface area contributed by atoms with Crippen LogP contribution in [0.3, 0.4) is 0 Å². The SMILES string of the molecule is Cc1cccc(N(C(=O)CCC(=O)Nc2nccs2)[C@@H](C(=O)NC(C)(C)C)c2ccc(F)cc2)c1. The van der Waals surface area contributed by atoms with Crippen molar-refractivity contribution in [1.82, 2.24) is 10.3 Å². The molecule has 0 aliphatic heterocycles. The van der Waals surface area contributed by atoms with Crippen LogP contribution in [0, 0.1) is 12.7 Å². The number of thiazole rings is 1. The highest BCUT2D eigenvalue weighted by atomic mass is 32.1. The molecule has 3 aromatic rings. The van der Waals surface area contributed by atoms with Crippen LogP contribution in [0.5, 0.6) is 0 Å². The van der Waals surface area contributed by atoms with E-state index in [4.69, 9.17) is 0 Å². The number of aryl methyl sites for hydroxylation is 1.